The minimum absolute atomic E-state index is 0.579. The zero-order valence-electron chi connectivity index (χ0n) is 21.5. The lowest BCUT2D eigenvalue weighted by Gasteiger charge is -2.07. The molecule has 3 N–H and O–H groups in total. The summed E-state index contributed by atoms with van der Waals surface area (Å²) in [6, 6.07) is 19.0. The first-order valence-electron chi connectivity index (χ1n) is 13.1. The Morgan fingerprint density at radius 1 is 0.897 bits per heavy atom. The number of rotatable bonds is 7. The molecule has 39 heavy (non-hydrogen) atoms. The number of H-pyrrole nitrogens is 2. The monoisotopic (exact) mass is 529 g/mol. The molecule has 6 aromatic rings. The molecule has 192 valence electrons. The second-order valence-corrected chi connectivity index (χ2v) is 11.4. The van der Waals surface area contributed by atoms with Crippen LogP contribution in [0, 0.1) is 0 Å². The van der Waals surface area contributed by atoms with E-state index in [2.05, 4.69) is 92.0 Å². The summed E-state index contributed by atoms with van der Waals surface area (Å²) in [5, 5.41) is 12.9. The third kappa shape index (κ3) is 4.73. The number of hydrogen-bond acceptors (Lipinski definition) is 6. The first kappa shape index (κ1) is 23.8. The number of fused-ring (bicyclic) bond motifs is 2. The highest BCUT2D eigenvalue weighted by Crippen LogP contribution is 2.41. The van der Waals surface area contributed by atoms with Crippen LogP contribution in [0.25, 0.3) is 49.5 Å². The van der Waals surface area contributed by atoms with Gasteiger partial charge < -0.3 is 10.3 Å². The maximum absolute atomic E-state index is 5.00. The standard InChI is InChI=1S/C31H27N7S/c1-19-7-10-28(39-19)25-17-34-18-27-29(25)36-31(35-27)30-24-12-22(8-9-26(24)37-38-30)23-11-21(15-33-16-23)14-32-13-20-5-3-2-4-6-20/h2-6,8-12,15-19,32H,7,13-14H2,1H3,(H,35,36)(H,37,38). The van der Waals surface area contributed by atoms with Crippen LogP contribution in [0.4, 0.5) is 0 Å². The molecule has 7 nitrogen and oxygen atoms in total. The summed E-state index contributed by atoms with van der Waals surface area (Å²) in [5.74, 6) is 0.733. The Kier molecular flexibility index (Phi) is 6.19. The maximum Gasteiger partial charge on any atom is 0.159 e. The van der Waals surface area contributed by atoms with Gasteiger partial charge in [-0.1, -0.05) is 49.4 Å². The smallest absolute Gasteiger partial charge is 0.159 e. The molecular formula is C31H27N7S. The van der Waals surface area contributed by atoms with Crippen LogP contribution in [0.2, 0.25) is 0 Å². The van der Waals surface area contributed by atoms with Crippen molar-refractivity contribution in [2.24, 2.45) is 0 Å². The normalized spacial score (nSPS) is 15.3. The fraction of sp³-hybridized carbons (Fsp3) is 0.161. The number of allylic oxidation sites excluding steroid dienone is 1. The van der Waals surface area contributed by atoms with Gasteiger partial charge in [-0.05, 0) is 41.3 Å². The lowest BCUT2D eigenvalue weighted by Crippen LogP contribution is -2.12. The lowest BCUT2D eigenvalue weighted by molar-refractivity contribution is 0.691. The Balaban J connectivity index is 1.18. The molecule has 0 fully saturated rings. The van der Waals surface area contributed by atoms with Crippen LogP contribution in [-0.4, -0.2) is 35.4 Å². The molecule has 0 bridgehead atoms. The molecular weight excluding hydrogens is 502 g/mol. The number of hydrogen-bond donors (Lipinski definition) is 3. The van der Waals surface area contributed by atoms with Crippen LogP contribution in [0.15, 0.2) is 85.5 Å². The number of pyridine rings is 2. The van der Waals surface area contributed by atoms with Crippen molar-refractivity contribution in [3.05, 3.63) is 102 Å². The number of benzene rings is 2. The van der Waals surface area contributed by atoms with E-state index >= 15 is 0 Å². The molecule has 5 heterocycles. The predicted octanol–water partition coefficient (Wildman–Crippen LogP) is 6.72. The Morgan fingerprint density at radius 3 is 2.64 bits per heavy atom. The van der Waals surface area contributed by atoms with Crippen LogP contribution in [0.1, 0.15) is 30.0 Å². The molecule has 0 spiro atoms. The summed E-state index contributed by atoms with van der Waals surface area (Å²) in [7, 11) is 0. The molecule has 0 amide bonds. The third-order valence-corrected chi connectivity index (χ3v) is 8.27. The quantitative estimate of drug-likeness (QED) is 0.213. The van der Waals surface area contributed by atoms with Crippen LogP contribution < -0.4 is 5.32 Å². The second-order valence-electron chi connectivity index (χ2n) is 9.90. The molecule has 7 rings (SSSR count). The van der Waals surface area contributed by atoms with Crippen molar-refractivity contribution in [2.75, 3.05) is 0 Å². The van der Waals surface area contributed by atoms with Crippen LogP contribution in [0.5, 0.6) is 0 Å². The summed E-state index contributed by atoms with van der Waals surface area (Å²) < 4.78 is 0. The van der Waals surface area contributed by atoms with Gasteiger partial charge in [0.15, 0.2) is 5.82 Å². The number of imidazole rings is 1. The van der Waals surface area contributed by atoms with E-state index < -0.39 is 0 Å². The molecule has 1 aliphatic rings. The van der Waals surface area contributed by atoms with E-state index in [9.17, 15) is 0 Å². The summed E-state index contributed by atoms with van der Waals surface area (Å²) in [6.07, 6.45) is 10.9. The molecule has 8 heteroatoms. The Labute approximate surface area is 230 Å². The molecule has 0 radical (unpaired) electrons. The van der Waals surface area contributed by atoms with Crippen LogP contribution in [0.3, 0.4) is 0 Å². The minimum atomic E-state index is 0.579. The topological polar surface area (TPSA) is 95.2 Å². The number of aromatic nitrogens is 6. The molecule has 4 aromatic heterocycles. The van der Waals surface area contributed by atoms with Gasteiger partial charge in [-0.3, -0.25) is 15.1 Å². The van der Waals surface area contributed by atoms with Crippen molar-refractivity contribution in [1.82, 2.24) is 35.5 Å². The van der Waals surface area contributed by atoms with Gasteiger partial charge in [0.25, 0.3) is 0 Å². The van der Waals surface area contributed by atoms with Crippen molar-refractivity contribution in [2.45, 2.75) is 31.7 Å². The lowest BCUT2D eigenvalue weighted by atomic mass is 10.0. The average Bonchev–Trinajstić information content (AvgIpc) is 3.71. The maximum atomic E-state index is 5.00. The van der Waals surface area contributed by atoms with Crippen LogP contribution >= 0.6 is 11.8 Å². The zero-order chi connectivity index (χ0) is 26.2. The van der Waals surface area contributed by atoms with Gasteiger partial charge >= 0.3 is 0 Å². The Bertz CT molecular complexity index is 1820. The highest BCUT2D eigenvalue weighted by molar-refractivity contribution is 8.09. The van der Waals surface area contributed by atoms with Crippen molar-refractivity contribution < 1.29 is 0 Å². The first-order valence-corrected chi connectivity index (χ1v) is 14.0. The van der Waals surface area contributed by atoms with E-state index in [1.807, 2.05) is 42.6 Å². The van der Waals surface area contributed by atoms with Gasteiger partial charge in [0, 0.05) is 58.3 Å². The second kappa shape index (κ2) is 10.1. The highest BCUT2D eigenvalue weighted by atomic mass is 32.2. The van der Waals surface area contributed by atoms with Gasteiger partial charge in [0.1, 0.15) is 11.2 Å². The summed E-state index contributed by atoms with van der Waals surface area (Å²) in [4.78, 5) is 18.7. The van der Waals surface area contributed by atoms with Crippen molar-refractivity contribution >= 4 is 38.6 Å². The number of thioether (sulfide) groups is 1. The third-order valence-electron chi connectivity index (χ3n) is 7.04. The molecule has 0 saturated carbocycles. The molecule has 1 aliphatic heterocycles. The highest BCUT2D eigenvalue weighted by Gasteiger charge is 2.20. The fourth-order valence-corrected chi connectivity index (χ4v) is 6.14. The van der Waals surface area contributed by atoms with Crippen molar-refractivity contribution in [1.29, 1.82) is 0 Å². The van der Waals surface area contributed by atoms with Gasteiger partial charge in [0.05, 0.1) is 17.2 Å². The van der Waals surface area contributed by atoms with E-state index in [4.69, 9.17) is 4.98 Å². The number of nitrogens with one attached hydrogen (secondary N) is 3. The van der Waals surface area contributed by atoms with E-state index in [-0.39, 0.29) is 0 Å². The SMILES string of the molecule is CC1CC=C(c2cncc3[nH]c(-c4n[nH]c5ccc(-c6cncc(CNCc7ccccc7)c6)cc45)nc23)S1. The summed E-state index contributed by atoms with van der Waals surface area (Å²) >= 11 is 1.88. The number of nitrogens with zero attached hydrogens (tertiary/aromatic N) is 4. The minimum Gasteiger partial charge on any atom is -0.335 e. The number of aromatic amines is 2. The first-order chi connectivity index (χ1) is 19.2. The molecule has 1 unspecified atom stereocenters. The Morgan fingerprint density at radius 2 is 1.77 bits per heavy atom. The molecule has 0 saturated heterocycles. The summed E-state index contributed by atoms with van der Waals surface area (Å²) in [5.41, 5.74) is 9.24. The van der Waals surface area contributed by atoms with E-state index in [1.165, 1.54) is 10.5 Å². The molecule has 0 aliphatic carbocycles. The average molecular weight is 530 g/mol. The van der Waals surface area contributed by atoms with Crippen molar-refractivity contribution in [3.63, 3.8) is 0 Å². The van der Waals surface area contributed by atoms with E-state index in [0.29, 0.717) is 5.25 Å². The molecule has 2 aromatic carbocycles. The Hall–Kier alpha value is -4.27. The predicted molar refractivity (Wildman–Crippen MR) is 159 cm³/mol. The van der Waals surface area contributed by atoms with E-state index in [1.54, 1.807) is 0 Å². The van der Waals surface area contributed by atoms with Gasteiger partial charge in [-0.15, -0.1) is 11.8 Å². The van der Waals surface area contributed by atoms with E-state index in [0.717, 1.165) is 75.2 Å². The van der Waals surface area contributed by atoms with Crippen molar-refractivity contribution in [3.8, 4) is 22.6 Å². The van der Waals surface area contributed by atoms with Gasteiger partial charge in [-0.25, -0.2) is 4.98 Å². The fourth-order valence-electron chi connectivity index (χ4n) is 5.05. The largest absolute Gasteiger partial charge is 0.335 e. The molecule has 1 atom stereocenters. The van der Waals surface area contributed by atoms with Gasteiger partial charge in [0.2, 0.25) is 0 Å². The van der Waals surface area contributed by atoms with Crippen LogP contribution in [-0.2, 0) is 13.1 Å². The van der Waals surface area contributed by atoms with Gasteiger partial charge in [-0.2, -0.15) is 5.10 Å². The summed E-state index contributed by atoms with van der Waals surface area (Å²) in [6.45, 7) is 3.81. The zero-order valence-corrected chi connectivity index (χ0v) is 22.3.